The Kier molecular flexibility index (Phi) is 7.10. The molecule has 2 aromatic rings. The minimum Gasteiger partial charge on any atom is -0.488 e. The smallest absolute Gasteiger partial charge is 0.198 e. The van der Waals surface area contributed by atoms with E-state index in [2.05, 4.69) is 46.9 Å². The van der Waals surface area contributed by atoms with Crippen molar-refractivity contribution in [2.75, 3.05) is 6.61 Å². The molecule has 3 rings (SSSR count). The van der Waals surface area contributed by atoms with E-state index < -0.39 is 0 Å². The van der Waals surface area contributed by atoms with Crippen LogP contribution in [0.3, 0.4) is 0 Å². The first-order valence-electron chi connectivity index (χ1n) is 9.76. The van der Waals surface area contributed by atoms with Crippen LogP contribution >= 0.6 is 15.9 Å². The number of fused-ring (bicyclic) bond motifs is 1. The van der Waals surface area contributed by atoms with Gasteiger partial charge in [0.15, 0.2) is 5.78 Å². The van der Waals surface area contributed by atoms with Crippen molar-refractivity contribution in [3.63, 3.8) is 0 Å². The first kappa shape index (κ1) is 20.4. The standard InChI is InChI=1S/C24H26BrNO2/c1-3-4-6-11-21(26-15-18-9-7-5-8-10-18)23-17(2)16-28-22-14-19(25)12-13-20(22)24(23)27/h5,7-10,12-14,26H,2-4,6,11,15-16H2,1H3/b23-21+. The fraction of sp³-hybridized carbons (Fsp3) is 0.292. The molecule has 0 saturated heterocycles. The maximum atomic E-state index is 13.4. The highest BCUT2D eigenvalue weighted by Gasteiger charge is 2.26. The molecule has 0 fully saturated rings. The molecule has 1 aliphatic heterocycles. The first-order chi connectivity index (χ1) is 13.6. The summed E-state index contributed by atoms with van der Waals surface area (Å²) in [6, 6.07) is 15.8. The van der Waals surface area contributed by atoms with Crippen molar-refractivity contribution in [3.8, 4) is 5.75 Å². The normalized spacial score (nSPS) is 15.5. The number of allylic oxidation sites excluding steroid dienone is 1. The quantitative estimate of drug-likeness (QED) is 0.411. The first-order valence-corrected chi connectivity index (χ1v) is 10.6. The van der Waals surface area contributed by atoms with Crippen molar-refractivity contribution >= 4 is 21.7 Å². The maximum Gasteiger partial charge on any atom is 0.198 e. The molecular weight excluding hydrogens is 414 g/mol. The van der Waals surface area contributed by atoms with Gasteiger partial charge in [-0.15, -0.1) is 0 Å². The van der Waals surface area contributed by atoms with Gasteiger partial charge in [0.25, 0.3) is 0 Å². The summed E-state index contributed by atoms with van der Waals surface area (Å²) in [6.45, 7) is 7.34. The Bertz CT molecular complexity index is 887. The van der Waals surface area contributed by atoms with Gasteiger partial charge in [0.05, 0.1) is 5.56 Å². The van der Waals surface area contributed by atoms with Gasteiger partial charge in [-0.1, -0.05) is 72.6 Å². The van der Waals surface area contributed by atoms with Crippen LogP contribution in [0.4, 0.5) is 0 Å². The van der Waals surface area contributed by atoms with Crippen molar-refractivity contribution in [2.45, 2.75) is 39.2 Å². The molecule has 1 heterocycles. The monoisotopic (exact) mass is 439 g/mol. The van der Waals surface area contributed by atoms with Crippen molar-refractivity contribution in [3.05, 3.63) is 87.6 Å². The summed E-state index contributed by atoms with van der Waals surface area (Å²) in [4.78, 5) is 13.4. The van der Waals surface area contributed by atoms with E-state index in [-0.39, 0.29) is 5.78 Å². The van der Waals surface area contributed by atoms with E-state index in [4.69, 9.17) is 4.74 Å². The van der Waals surface area contributed by atoms with Gasteiger partial charge in [-0.05, 0) is 42.2 Å². The Labute approximate surface area is 175 Å². The number of unbranched alkanes of at least 4 members (excludes halogenated alkanes) is 2. The zero-order chi connectivity index (χ0) is 19.9. The fourth-order valence-corrected chi connectivity index (χ4v) is 3.68. The Morgan fingerprint density at radius 1 is 1.18 bits per heavy atom. The summed E-state index contributed by atoms with van der Waals surface area (Å²) in [6.07, 6.45) is 4.12. The molecule has 0 aromatic heterocycles. The van der Waals surface area contributed by atoms with Gasteiger partial charge in [-0.25, -0.2) is 0 Å². The van der Waals surface area contributed by atoms with E-state index in [0.29, 0.717) is 30.0 Å². The molecule has 1 aliphatic rings. The number of halogens is 1. The molecular formula is C24H26BrNO2. The molecule has 3 nitrogen and oxygen atoms in total. The van der Waals surface area contributed by atoms with Crippen LogP contribution in [0.2, 0.25) is 0 Å². The van der Waals surface area contributed by atoms with Crippen LogP contribution in [-0.2, 0) is 6.54 Å². The van der Waals surface area contributed by atoms with Crippen LogP contribution in [0.5, 0.6) is 5.75 Å². The number of ether oxygens (including phenoxy) is 1. The number of nitrogens with one attached hydrogen (secondary N) is 1. The van der Waals surface area contributed by atoms with Crippen molar-refractivity contribution in [2.24, 2.45) is 0 Å². The number of carbonyl (C=O) groups is 1. The zero-order valence-corrected chi connectivity index (χ0v) is 17.8. The van der Waals surface area contributed by atoms with Gasteiger partial charge in [0, 0.05) is 22.3 Å². The Balaban J connectivity index is 1.95. The van der Waals surface area contributed by atoms with Crippen LogP contribution in [0.15, 0.2) is 76.4 Å². The molecule has 0 unspecified atom stereocenters. The van der Waals surface area contributed by atoms with Gasteiger partial charge >= 0.3 is 0 Å². The molecule has 1 N–H and O–H groups in total. The molecule has 0 atom stereocenters. The van der Waals surface area contributed by atoms with Gasteiger partial charge in [-0.2, -0.15) is 0 Å². The van der Waals surface area contributed by atoms with Crippen LogP contribution < -0.4 is 10.1 Å². The molecule has 0 aliphatic carbocycles. The maximum absolute atomic E-state index is 13.4. The van der Waals surface area contributed by atoms with Gasteiger partial charge in [0.2, 0.25) is 0 Å². The lowest BCUT2D eigenvalue weighted by Crippen LogP contribution is -2.20. The minimum atomic E-state index is -0.0166. The summed E-state index contributed by atoms with van der Waals surface area (Å²) in [5, 5.41) is 3.53. The summed E-state index contributed by atoms with van der Waals surface area (Å²) in [5.74, 6) is 0.587. The molecule has 0 amide bonds. The van der Waals surface area contributed by atoms with Crippen molar-refractivity contribution in [1.82, 2.24) is 5.32 Å². The molecule has 0 spiro atoms. The van der Waals surface area contributed by atoms with Gasteiger partial charge in [-0.3, -0.25) is 4.79 Å². The molecule has 2 aromatic carbocycles. The summed E-state index contributed by atoms with van der Waals surface area (Å²) in [7, 11) is 0. The third kappa shape index (κ3) is 4.93. The lowest BCUT2D eigenvalue weighted by molar-refractivity contribution is 0.103. The topological polar surface area (TPSA) is 38.3 Å². The fourth-order valence-electron chi connectivity index (χ4n) is 3.34. The predicted molar refractivity (Wildman–Crippen MR) is 118 cm³/mol. The molecule has 28 heavy (non-hydrogen) atoms. The third-order valence-electron chi connectivity index (χ3n) is 4.85. The molecule has 4 heteroatoms. The lowest BCUT2D eigenvalue weighted by atomic mass is 9.94. The van der Waals surface area contributed by atoms with Gasteiger partial charge < -0.3 is 10.1 Å². The lowest BCUT2D eigenvalue weighted by Gasteiger charge is -2.17. The van der Waals surface area contributed by atoms with E-state index in [1.807, 2.05) is 36.4 Å². The summed E-state index contributed by atoms with van der Waals surface area (Å²) < 4.78 is 6.76. The second-order valence-electron chi connectivity index (χ2n) is 7.01. The number of rotatable bonds is 7. The Hall–Kier alpha value is -2.33. The average molecular weight is 440 g/mol. The van der Waals surface area contributed by atoms with E-state index in [9.17, 15) is 4.79 Å². The van der Waals surface area contributed by atoms with Crippen molar-refractivity contribution < 1.29 is 9.53 Å². The van der Waals surface area contributed by atoms with Crippen LogP contribution in [0.25, 0.3) is 0 Å². The predicted octanol–water partition coefficient (Wildman–Crippen LogP) is 6.20. The zero-order valence-electron chi connectivity index (χ0n) is 16.3. The highest BCUT2D eigenvalue weighted by molar-refractivity contribution is 9.10. The largest absolute Gasteiger partial charge is 0.488 e. The molecule has 146 valence electrons. The third-order valence-corrected chi connectivity index (χ3v) is 5.34. The van der Waals surface area contributed by atoms with Crippen LogP contribution in [0.1, 0.15) is 48.5 Å². The Morgan fingerprint density at radius 2 is 1.96 bits per heavy atom. The molecule has 0 radical (unpaired) electrons. The second kappa shape index (κ2) is 9.74. The number of hydrogen-bond acceptors (Lipinski definition) is 3. The summed E-state index contributed by atoms with van der Waals surface area (Å²) >= 11 is 3.45. The van der Waals surface area contributed by atoms with Crippen LogP contribution in [0, 0.1) is 0 Å². The van der Waals surface area contributed by atoms with Gasteiger partial charge in [0.1, 0.15) is 12.4 Å². The SMILES string of the molecule is C=C1COc2cc(Br)ccc2C(=O)/C1=C(\CCCCC)NCc1ccccc1. The highest BCUT2D eigenvalue weighted by Crippen LogP contribution is 2.33. The highest BCUT2D eigenvalue weighted by atomic mass is 79.9. The van der Waals surface area contributed by atoms with Crippen molar-refractivity contribution in [1.29, 1.82) is 0 Å². The second-order valence-corrected chi connectivity index (χ2v) is 7.93. The minimum absolute atomic E-state index is 0.0166. The number of carbonyl (C=O) groups excluding carboxylic acids is 1. The van der Waals surface area contributed by atoms with E-state index in [1.54, 1.807) is 0 Å². The number of hydrogen-bond donors (Lipinski definition) is 1. The Morgan fingerprint density at radius 3 is 2.71 bits per heavy atom. The molecule has 0 saturated carbocycles. The number of benzene rings is 2. The average Bonchev–Trinajstić information content (AvgIpc) is 2.82. The van der Waals surface area contributed by atoms with Crippen LogP contribution in [-0.4, -0.2) is 12.4 Å². The van der Waals surface area contributed by atoms with E-state index in [1.165, 1.54) is 5.56 Å². The van der Waals surface area contributed by atoms with E-state index in [0.717, 1.165) is 41.4 Å². The molecule has 0 bridgehead atoms. The summed E-state index contributed by atoms with van der Waals surface area (Å²) in [5.41, 5.74) is 4.14. The van der Waals surface area contributed by atoms with E-state index >= 15 is 0 Å². The number of ketones is 1. The number of Topliss-reactive ketones (excluding diaryl/α,β-unsaturated/α-hetero) is 1.